The quantitative estimate of drug-likeness (QED) is 0.619. The minimum atomic E-state index is -0.117. The van der Waals surface area contributed by atoms with Crippen LogP contribution in [0.1, 0.15) is 5.89 Å². The first-order valence-corrected chi connectivity index (χ1v) is 9.12. The van der Waals surface area contributed by atoms with E-state index in [2.05, 4.69) is 15.5 Å². The fourth-order valence-corrected chi connectivity index (χ4v) is 2.94. The van der Waals surface area contributed by atoms with E-state index in [1.165, 1.54) is 11.8 Å². The van der Waals surface area contributed by atoms with Crippen molar-refractivity contribution >= 4 is 29.3 Å². The van der Waals surface area contributed by atoms with Gasteiger partial charge < -0.3 is 14.6 Å². The molecule has 3 rings (SSSR count). The maximum absolute atomic E-state index is 11.9. The highest BCUT2D eigenvalue weighted by Crippen LogP contribution is 2.21. The van der Waals surface area contributed by atoms with Crippen molar-refractivity contribution < 1.29 is 14.1 Å². The molecule has 1 N–H and O–H groups in total. The molecule has 0 radical (unpaired) electrons. The fourth-order valence-electron chi connectivity index (χ4n) is 2.09. The summed E-state index contributed by atoms with van der Waals surface area (Å²) in [5.74, 6) is 1.74. The summed E-state index contributed by atoms with van der Waals surface area (Å²) in [5.41, 5.74) is 0.811. The molecule has 0 saturated heterocycles. The van der Waals surface area contributed by atoms with Gasteiger partial charge in [0.25, 0.3) is 0 Å². The highest BCUT2D eigenvalue weighted by atomic mass is 35.5. The molecule has 0 aliphatic rings. The van der Waals surface area contributed by atoms with Crippen molar-refractivity contribution in [3.63, 3.8) is 0 Å². The zero-order chi connectivity index (χ0) is 18.4. The van der Waals surface area contributed by atoms with Crippen molar-refractivity contribution in [2.45, 2.75) is 11.4 Å². The van der Waals surface area contributed by atoms with Gasteiger partial charge in [0, 0.05) is 15.5 Å². The van der Waals surface area contributed by atoms with Gasteiger partial charge in [-0.2, -0.15) is 4.98 Å². The van der Waals surface area contributed by atoms with Gasteiger partial charge in [0.15, 0.2) is 0 Å². The molecule has 0 unspecified atom stereocenters. The van der Waals surface area contributed by atoms with Crippen molar-refractivity contribution in [1.82, 2.24) is 15.5 Å². The summed E-state index contributed by atoms with van der Waals surface area (Å²) in [6.45, 7) is 0.184. The van der Waals surface area contributed by atoms with Crippen LogP contribution in [0.3, 0.4) is 0 Å². The van der Waals surface area contributed by atoms with E-state index in [4.69, 9.17) is 20.9 Å². The van der Waals surface area contributed by atoms with Crippen molar-refractivity contribution in [2.75, 3.05) is 12.9 Å². The first kappa shape index (κ1) is 18.3. The summed E-state index contributed by atoms with van der Waals surface area (Å²) >= 11 is 7.26. The van der Waals surface area contributed by atoms with Crippen molar-refractivity contribution in [1.29, 1.82) is 0 Å². The number of carbonyl (C=O) groups excluding carboxylic acids is 1. The molecule has 0 bridgehead atoms. The predicted molar refractivity (Wildman–Crippen MR) is 100 cm³/mol. The molecule has 1 heterocycles. The zero-order valence-electron chi connectivity index (χ0n) is 13.9. The minimum absolute atomic E-state index is 0.117. The molecule has 1 aromatic heterocycles. The molecule has 0 atom stereocenters. The van der Waals surface area contributed by atoms with Crippen LogP contribution in [0.15, 0.2) is 57.9 Å². The first-order valence-electron chi connectivity index (χ1n) is 7.76. The lowest BCUT2D eigenvalue weighted by Crippen LogP contribution is -2.24. The molecule has 26 heavy (non-hydrogen) atoms. The number of aromatic nitrogens is 2. The fraction of sp³-hybridized carbons (Fsp3) is 0.167. The second kappa shape index (κ2) is 8.73. The van der Waals surface area contributed by atoms with Gasteiger partial charge in [-0.15, -0.1) is 11.8 Å². The summed E-state index contributed by atoms with van der Waals surface area (Å²) in [6.07, 6.45) is 0. The number of methoxy groups -OCH3 is 1. The summed E-state index contributed by atoms with van der Waals surface area (Å²) in [6, 6.07) is 14.7. The number of halogens is 1. The lowest BCUT2D eigenvalue weighted by atomic mass is 10.2. The number of hydrogen-bond donors (Lipinski definition) is 1. The van der Waals surface area contributed by atoms with Gasteiger partial charge >= 0.3 is 0 Å². The molecule has 0 saturated carbocycles. The van der Waals surface area contributed by atoms with Gasteiger partial charge in [-0.25, -0.2) is 0 Å². The van der Waals surface area contributed by atoms with Crippen LogP contribution in [0.5, 0.6) is 5.75 Å². The number of hydrogen-bond acceptors (Lipinski definition) is 6. The highest BCUT2D eigenvalue weighted by Gasteiger charge is 2.10. The second-order valence-corrected chi connectivity index (χ2v) is 6.74. The summed E-state index contributed by atoms with van der Waals surface area (Å²) in [7, 11) is 1.61. The first-order chi connectivity index (χ1) is 12.6. The normalized spacial score (nSPS) is 10.5. The number of thioether (sulfide) groups is 1. The number of benzene rings is 2. The predicted octanol–water partition coefficient (Wildman–Crippen LogP) is 3.81. The van der Waals surface area contributed by atoms with Crippen LogP contribution in [0.2, 0.25) is 5.02 Å². The summed E-state index contributed by atoms with van der Waals surface area (Å²) in [4.78, 5) is 17.2. The van der Waals surface area contributed by atoms with E-state index < -0.39 is 0 Å². The van der Waals surface area contributed by atoms with Gasteiger partial charge in [0.1, 0.15) is 5.75 Å². The number of rotatable bonds is 7. The maximum atomic E-state index is 11.9. The summed E-state index contributed by atoms with van der Waals surface area (Å²) < 4.78 is 10.3. The smallest absolute Gasteiger partial charge is 0.246 e. The van der Waals surface area contributed by atoms with Crippen LogP contribution in [-0.2, 0) is 11.3 Å². The standard InChI is InChI=1S/C18H16ClN3O3S/c1-24-14-6-2-12(3-7-14)18-21-17(25-22-18)10-20-16(23)11-26-15-8-4-13(19)5-9-15/h2-9H,10-11H2,1H3,(H,20,23). The van der Waals surface area contributed by atoms with Gasteiger partial charge in [0.2, 0.25) is 17.6 Å². The van der Waals surface area contributed by atoms with E-state index in [0.717, 1.165) is 16.2 Å². The molecule has 3 aromatic rings. The van der Waals surface area contributed by atoms with Crippen LogP contribution in [0, 0.1) is 0 Å². The maximum Gasteiger partial charge on any atom is 0.246 e. The molecule has 6 nitrogen and oxygen atoms in total. The number of nitrogens with zero attached hydrogens (tertiary/aromatic N) is 2. The van der Waals surface area contributed by atoms with E-state index in [9.17, 15) is 4.79 Å². The minimum Gasteiger partial charge on any atom is -0.497 e. The largest absolute Gasteiger partial charge is 0.497 e. The zero-order valence-corrected chi connectivity index (χ0v) is 15.5. The molecular formula is C18H16ClN3O3S. The Bertz CT molecular complexity index is 866. The average Bonchev–Trinajstić information content (AvgIpc) is 3.15. The number of nitrogens with one attached hydrogen (secondary N) is 1. The third-order valence-electron chi connectivity index (χ3n) is 3.44. The second-order valence-electron chi connectivity index (χ2n) is 5.26. The molecule has 8 heteroatoms. The molecule has 0 aliphatic heterocycles. The number of amides is 1. The van der Waals surface area contributed by atoms with E-state index in [-0.39, 0.29) is 12.5 Å². The Balaban J connectivity index is 1.49. The van der Waals surface area contributed by atoms with Crippen LogP contribution in [-0.4, -0.2) is 28.9 Å². The molecule has 1 amide bonds. The van der Waals surface area contributed by atoms with E-state index >= 15 is 0 Å². The van der Waals surface area contributed by atoms with Gasteiger partial charge in [-0.1, -0.05) is 16.8 Å². The Morgan fingerprint density at radius 2 is 1.92 bits per heavy atom. The molecule has 0 spiro atoms. The number of ether oxygens (including phenoxy) is 1. The lowest BCUT2D eigenvalue weighted by Gasteiger charge is -2.02. The van der Waals surface area contributed by atoms with Gasteiger partial charge in [0.05, 0.1) is 19.4 Å². The molecular weight excluding hydrogens is 374 g/mol. The average molecular weight is 390 g/mol. The Morgan fingerprint density at radius 3 is 2.62 bits per heavy atom. The molecule has 0 aliphatic carbocycles. The van der Waals surface area contributed by atoms with Gasteiger partial charge in [-0.05, 0) is 48.5 Å². The van der Waals surface area contributed by atoms with Crippen molar-refractivity contribution in [3.05, 3.63) is 59.4 Å². The number of carbonyl (C=O) groups is 1. The topological polar surface area (TPSA) is 77.3 Å². The third kappa shape index (κ3) is 5.00. The highest BCUT2D eigenvalue weighted by molar-refractivity contribution is 8.00. The Labute approximate surface area is 159 Å². The van der Waals surface area contributed by atoms with Crippen LogP contribution in [0.25, 0.3) is 11.4 Å². The van der Waals surface area contributed by atoms with E-state index in [0.29, 0.717) is 22.5 Å². The SMILES string of the molecule is COc1ccc(-c2noc(CNC(=O)CSc3ccc(Cl)cc3)n2)cc1. The summed E-state index contributed by atoms with van der Waals surface area (Å²) in [5, 5.41) is 7.36. The Kier molecular flexibility index (Phi) is 6.14. The van der Waals surface area contributed by atoms with Crippen LogP contribution in [0.4, 0.5) is 0 Å². The Morgan fingerprint density at radius 1 is 1.19 bits per heavy atom. The Hall–Kier alpha value is -2.51. The third-order valence-corrected chi connectivity index (χ3v) is 4.70. The molecule has 134 valence electrons. The molecule has 2 aromatic carbocycles. The van der Waals surface area contributed by atoms with Crippen LogP contribution >= 0.6 is 23.4 Å². The van der Waals surface area contributed by atoms with Crippen molar-refractivity contribution in [2.24, 2.45) is 0 Å². The lowest BCUT2D eigenvalue weighted by molar-refractivity contribution is -0.118. The van der Waals surface area contributed by atoms with Gasteiger partial charge in [-0.3, -0.25) is 4.79 Å². The van der Waals surface area contributed by atoms with E-state index in [1.54, 1.807) is 19.2 Å². The molecule has 0 fully saturated rings. The monoisotopic (exact) mass is 389 g/mol. The van der Waals surface area contributed by atoms with Crippen molar-refractivity contribution in [3.8, 4) is 17.1 Å². The van der Waals surface area contributed by atoms with Crippen LogP contribution < -0.4 is 10.1 Å². The van der Waals surface area contributed by atoms with E-state index in [1.807, 2.05) is 36.4 Å².